The van der Waals surface area contributed by atoms with Gasteiger partial charge in [-0.15, -0.1) is 11.8 Å². The normalized spacial score (nSPS) is 20.2. The van der Waals surface area contributed by atoms with E-state index in [0.717, 1.165) is 6.42 Å². The van der Waals surface area contributed by atoms with E-state index in [4.69, 9.17) is 4.74 Å². The molecule has 1 fully saturated rings. The molecule has 0 radical (unpaired) electrons. The van der Waals surface area contributed by atoms with E-state index in [-0.39, 0.29) is 22.1 Å². The molecule has 0 spiro atoms. The van der Waals surface area contributed by atoms with Crippen molar-refractivity contribution in [2.75, 3.05) is 20.2 Å². The molecule has 0 unspecified atom stereocenters. The molecule has 0 aliphatic carbocycles. The van der Waals surface area contributed by atoms with Gasteiger partial charge in [-0.25, -0.2) is 8.42 Å². The second-order valence-corrected chi connectivity index (χ2v) is 10.5. The minimum Gasteiger partial charge on any atom is -0.497 e. The van der Waals surface area contributed by atoms with E-state index in [1.54, 1.807) is 43.1 Å². The zero-order chi connectivity index (χ0) is 20.4. The highest BCUT2D eigenvalue weighted by Crippen LogP contribution is 2.37. The zero-order valence-corrected chi connectivity index (χ0v) is 17.8. The zero-order valence-electron chi connectivity index (χ0n) is 16.2. The Kier molecular flexibility index (Phi) is 5.85. The third-order valence-corrected chi connectivity index (χ3v) is 8.67. The number of nitrogens with zero attached hydrogens (tertiary/aromatic N) is 1. The molecule has 1 saturated heterocycles. The highest BCUT2D eigenvalue weighted by molar-refractivity contribution is 8.01. The SMILES string of the molecule is COc1ccc(S(=O)(=O)N2CCC(NC(=O)[C@@H]3Cc4ccccc4S3)CC2)cc1. The molecular formula is C21H24N2O4S2. The molecule has 1 atom stereocenters. The molecular weight excluding hydrogens is 408 g/mol. The van der Waals surface area contributed by atoms with Gasteiger partial charge in [0.15, 0.2) is 0 Å². The first-order valence-electron chi connectivity index (χ1n) is 9.66. The van der Waals surface area contributed by atoms with Crippen molar-refractivity contribution >= 4 is 27.7 Å². The molecule has 2 aliphatic heterocycles. The summed E-state index contributed by atoms with van der Waals surface area (Å²) < 4.78 is 32.3. The fourth-order valence-electron chi connectivity index (χ4n) is 3.76. The molecule has 2 heterocycles. The van der Waals surface area contributed by atoms with Crippen molar-refractivity contribution in [2.24, 2.45) is 0 Å². The maximum absolute atomic E-state index is 12.8. The Hall–Kier alpha value is -2.03. The van der Waals surface area contributed by atoms with Gasteiger partial charge in [0.25, 0.3) is 0 Å². The molecule has 0 saturated carbocycles. The summed E-state index contributed by atoms with van der Waals surface area (Å²) in [5.41, 5.74) is 1.22. The van der Waals surface area contributed by atoms with Crippen LogP contribution in [0, 0.1) is 0 Å². The number of piperidine rings is 1. The summed E-state index contributed by atoms with van der Waals surface area (Å²) in [6.07, 6.45) is 1.98. The van der Waals surface area contributed by atoms with Gasteiger partial charge in [-0.1, -0.05) is 18.2 Å². The van der Waals surface area contributed by atoms with Crippen LogP contribution in [-0.4, -0.2) is 50.1 Å². The first kappa shape index (κ1) is 20.3. The lowest BCUT2D eigenvalue weighted by Crippen LogP contribution is -2.48. The molecule has 4 rings (SSSR count). The molecule has 6 nitrogen and oxygen atoms in total. The number of carbonyl (C=O) groups is 1. The van der Waals surface area contributed by atoms with Crippen molar-refractivity contribution in [3.8, 4) is 5.75 Å². The van der Waals surface area contributed by atoms with Gasteiger partial charge in [0.1, 0.15) is 5.75 Å². The van der Waals surface area contributed by atoms with E-state index >= 15 is 0 Å². The molecule has 2 aromatic rings. The Bertz CT molecular complexity index is 959. The van der Waals surface area contributed by atoms with Crippen molar-refractivity contribution in [3.05, 3.63) is 54.1 Å². The fraction of sp³-hybridized carbons (Fsp3) is 0.381. The van der Waals surface area contributed by atoms with Gasteiger partial charge >= 0.3 is 0 Å². The van der Waals surface area contributed by atoms with Crippen molar-refractivity contribution < 1.29 is 17.9 Å². The van der Waals surface area contributed by atoms with Gasteiger partial charge in [0.2, 0.25) is 15.9 Å². The highest BCUT2D eigenvalue weighted by Gasteiger charge is 2.33. The fourth-order valence-corrected chi connectivity index (χ4v) is 6.43. The van der Waals surface area contributed by atoms with Crippen LogP contribution in [0.25, 0.3) is 0 Å². The molecule has 0 aromatic heterocycles. The minimum absolute atomic E-state index is 0.00845. The number of thioether (sulfide) groups is 1. The van der Waals surface area contributed by atoms with Crippen LogP contribution in [0.5, 0.6) is 5.75 Å². The number of hydrogen-bond acceptors (Lipinski definition) is 5. The van der Waals surface area contributed by atoms with E-state index < -0.39 is 10.0 Å². The number of carbonyl (C=O) groups excluding carboxylic acids is 1. The number of methoxy groups -OCH3 is 1. The maximum Gasteiger partial charge on any atom is 0.243 e. The Morgan fingerprint density at radius 3 is 2.45 bits per heavy atom. The predicted octanol–water partition coefficient (Wildman–Crippen LogP) is 2.68. The largest absolute Gasteiger partial charge is 0.497 e. The van der Waals surface area contributed by atoms with Crippen LogP contribution in [0.4, 0.5) is 0 Å². The first-order valence-corrected chi connectivity index (χ1v) is 12.0. The van der Waals surface area contributed by atoms with Crippen molar-refractivity contribution in [2.45, 2.75) is 40.3 Å². The second kappa shape index (κ2) is 8.38. The lowest BCUT2D eigenvalue weighted by Gasteiger charge is -2.32. The van der Waals surface area contributed by atoms with Gasteiger partial charge < -0.3 is 10.1 Å². The Labute approximate surface area is 175 Å². The molecule has 1 N–H and O–H groups in total. The van der Waals surface area contributed by atoms with Crippen LogP contribution in [-0.2, 0) is 21.2 Å². The second-order valence-electron chi connectivity index (χ2n) is 7.28. The standard InChI is InChI=1S/C21H24N2O4S2/c1-27-17-6-8-18(9-7-17)29(25,26)23-12-10-16(11-13-23)22-21(24)20-14-15-4-2-3-5-19(15)28-20/h2-9,16,20H,10-14H2,1H3,(H,22,24)/t20-/m0/s1. The molecule has 1 amide bonds. The molecule has 8 heteroatoms. The van der Waals surface area contributed by atoms with Crippen LogP contribution in [0.3, 0.4) is 0 Å². The maximum atomic E-state index is 12.8. The van der Waals surface area contributed by atoms with Crippen LogP contribution in [0.2, 0.25) is 0 Å². The van der Waals surface area contributed by atoms with Gasteiger partial charge in [0.05, 0.1) is 17.3 Å². The first-order chi connectivity index (χ1) is 14.0. The number of fused-ring (bicyclic) bond motifs is 1. The Morgan fingerprint density at radius 2 is 1.79 bits per heavy atom. The van der Waals surface area contributed by atoms with E-state index in [9.17, 15) is 13.2 Å². The van der Waals surface area contributed by atoms with Gasteiger partial charge in [-0.2, -0.15) is 4.31 Å². The van der Waals surface area contributed by atoms with Crippen LogP contribution < -0.4 is 10.1 Å². The third kappa shape index (κ3) is 4.29. The summed E-state index contributed by atoms with van der Waals surface area (Å²) >= 11 is 1.61. The monoisotopic (exact) mass is 432 g/mol. The number of benzene rings is 2. The molecule has 0 bridgehead atoms. The number of sulfonamides is 1. The van der Waals surface area contributed by atoms with E-state index in [1.165, 1.54) is 14.8 Å². The predicted molar refractivity (Wildman–Crippen MR) is 113 cm³/mol. The van der Waals surface area contributed by atoms with Gasteiger partial charge in [-0.3, -0.25) is 4.79 Å². The van der Waals surface area contributed by atoms with Crippen LogP contribution in [0.15, 0.2) is 58.3 Å². The van der Waals surface area contributed by atoms with Gasteiger partial charge in [0, 0.05) is 24.0 Å². The smallest absolute Gasteiger partial charge is 0.243 e. The molecule has 2 aromatic carbocycles. The van der Waals surface area contributed by atoms with E-state index in [2.05, 4.69) is 17.4 Å². The topological polar surface area (TPSA) is 75.7 Å². The van der Waals surface area contributed by atoms with Crippen LogP contribution >= 0.6 is 11.8 Å². The number of nitrogens with one attached hydrogen (secondary N) is 1. The van der Waals surface area contributed by atoms with E-state index in [0.29, 0.717) is 31.7 Å². The number of hydrogen-bond donors (Lipinski definition) is 1. The number of amides is 1. The Balaban J connectivity index is 1.32. The average Bonchev–Trinajstić information content (AvgIpc) is 3.19. The number of rotatable bonds is 5. The summed E-state index contributed by atoms with van der Waals surface area (Å²) in [4.78, 5) is 14.1. The quantitative estimate of drug-likeness (QED) is 0.786. The lowest BCUT2D eigenvalue weighted by atomic mass is 10.1. The molecule has 2 aliphatic rings. The minimum atomic E-state index is -3.53. The summed E-state index contributed by atoms with van der Waals surface area (Å²) in [6, 6.07) is 14.6. The number of ether oxygens (including phenoxy) is 1. The third-order valence-electron chi connectivity index (χ3n) is 5.44. The summed E-state index contributed by atoms with van der Waals surface area (Å²) in [5.74, 6) is 0.667. The molecule has 154 valence electrons. The Morgan fingerprint density at radius 1 is 1.10 bits per heavy atom. The summed E-state index contributed by atoms with van der Waals surface area (Å²) in [6.45, 7) is 0.800. The van der Waals surface area contributed by atoms with Crippen molar-refractivity contribution in [3.63, 3.8) is 0 Å². The van der Waals surface area contributed by atoms with Crippen molar-refractivity contribution in [1.82, 2.24) is 9.62 Å². The highest BCUT2D eigenvalue weighted by atomic mass is 32.2. The summed E-state index contributed by atoms with van der Waals surface area (Å²) in [7, 11) is -1.98. The lowest BCUT2D eigenvalue weighted by molar-refractivity contribution is -0.121. The average molecular weight is 433 g/mol. The van der Waals surface area contributed by atoms with E-state index in [1.807, 2.05) is 12.1 Å². The van der Waals surface area contributed by atoms with Crippen LogP contribution in [0.1, 0.15) is 18.4 Å². The van der Waals surface area contributed by atoms with Crippen molar-refractivity contribution in [1.29, 1.82) is 0 Å². The molecule has 29 heavy (non-hydrogen) atoms. The van der Waals surface area contributed by atoms with Gasteiger partial charge in [-0.05, 0) is 55.2 Å². The summed E-state index contributed by atoms with van der Waals surface area (Å²) in [5, 5.41) is 3.02.